The number of nitrogens with zero attached hydrogens (tertiary/aromatic N) is 4. The molecule has 1 saturated heterocycles. The first-order valence-corrected chi connectivity index (χ1v) is 10.5. The Bertz CT molecular complexity index is 1240. The van der Waals surface area contributed by atoms with Crippen LogP contribution in [-0.2, 0) is 16.1 Å². The molecular formula is C23H20N4O7. The molecule has 0 N–H and O–H groups in total. The molecule has 2 aliphatic rings. The number of imide groups is 1. The number of fused-ring (bicyclic) bond motifs is 1. The van der Waals surface area contributed by atoms with Crippen molar-refractivity contribution < 1.29 is 24.2 Å². The Morgan fingerprint density at radius 1 is 1.00 bits per heavy atom. The van der Waals surface area contributed by atoms with E-state index in [9.17, 15) is 34.6 Å². The van der Waals surface area contributed by atoms with E-state index in [1.54, 1.807) is 0 Å². The van der Waals surface area contributed by atoms with Crippen molar-refractivity contribution in [1.82, 2.24) is 10.0 Å². The topological polar surface area (TPSA) is 144 Å². The maximum atomic E-state index is 13.6. The second-order valence-electron chi connectivity index (χ2n) is 8.25. The van der Waals surface area contributed by atoms with Crippen molar-refractivity contribution in [2.45, 2.75) is 26.3 Å². The molecule has 0 bridgehead atoms. The van der Waals surface area contributed by atoms with E-state index in [1.807, 2.05) is 13.0 Å². The van der Waals surface area contributed by atoms with Gasteiger partial charge in [0.05, 0.1) is 28.2 Å². The zero-order chi connectivity index (χ0) is 24.6. The maximum Gasteiger partial charge on any atom is 0.282 e. The van der Waals surface area contributed by atoms with E-state index in [2.05, 4.69) is 0 Å². The first-order chi connectivity index (χ1) is 16.2. The van der Waals surface area contributed by atoms with Gasteiger partial charge in [0.1, 0.15) is 5.56 Å². The van der Waals surface area contributed by atoms with Crippen LogP contribution in [0.2, 0.25) is 0 Å². The SMILES string of the molecule is CC1=CC[C@H]2C(=O)N(N(Cc3ccc([N+](=O)[O-])cc3)C(=O)c3ccccc3[N+](=O)[O-])C(=O)[C@H]2C1. The first-order valence-electron chi connectivity index (χ1n) is 10.5. The van der Waals surface area contributed by atoms with Gasteiger partial charge in [-0.05, 0) is 31.4 Å². The van der Waals surface area contributed by atoms with Gasteiger partial charge in [0.25, 0.3) is 29.1 Å². The maximum absolute atomic E-state index is 13.6. The summed E-state index contributed by atoms with van der Waals surface area (Å²) in [7, 11) is 0. The van der Waals surface area contributed by atoms with E-state index < -0.39 is 45.1 Å². The number of benzene rings is 2. The minimum absolute atomic E-state index is 0.166. The Labute approximate surface area is 193 Å². The summed E-state index contributed by atoms with van der Waals surface area (Å²) in [5, 5.41) is 24.2. The number of allylic oxidation sites excluding steroid dienone is 2. The summed E-state index contributed by atoms with van der Waals surface area (Å²) < 4.78 is 0. The highest BCUT2D eigenvalue weighted by atomic mass is 16.6. The minimum Gasteiger partial charge on any atom is -0.272 e. The van der Waals surface area contributed by atoms with Gasteiger partial charge < -0.3 is 0 Å². The first kappa shape index (κ1) is 22.8. The lowest BCUT2D eigenvalue weighted by Crippen LogP contribution is -2.50. The number of hydrogen-bond acceptors (Lipinski definition) is 7. The lowest BCUT2D eigenvalue weighted by atomic mass is 9.82. The number of carbonyl (C=O) groups excluding carboxylic acids is 3. The number of non-ortho nitro benzene ring substituents is 1. The van der Waals surface area contributed by atoms with Crippen LogP contribution in [-0.4, -0.2) is 37.6 Å². The van der Waals surface area contributed by atoms with E-state index in [1.165, 1.54) is 42.5 Å². The van der Waals surface area contributed by atoms with Gasteiger partial charge in [0, 0.05) is 18.2 Å². The van der Waals surface area contributed by atoms with Crippen molar-refractivity contribution in [3.8, 4) is 0 Å². The van der Waals surface area contributed by atoms with Crippen molar-refractivity contribution >= 4 is 29.1 Å². The van der Waals surface area contributed by atoms with Gasteiger partial charge in [0.15, 0.2) is 0 Å². The van der Waals surface area contributed by atoms with Gasteiger partial charge in [-0.25, -0.2) is 5.01 Å². The second-order valence-corrected chi connectivity index (χ2v) is 8.25. The third kappa shape index (κ3) is 4.03. The van der Waals surface area contributed by atoms with Crippen LogP contribution in [0.25, 0.3) is 0 Å². The van der Waals surface area contributed by atoms with Crippen LogP contribution in [0.5, 0.6) is 0 Å². The fraction of sp³-hybridized carbons (Fsp3) is 0.261. The molecule has 174 valence electrons. The van der Waals surface area contributed by atoms with E-state index in [4.69, 9.17) is 0 Å². The molecule has 3 amide bonds. The predicted molar refractivity (Wildman–Crippen MR) is 118 cm³/mol. The van der Waals surface area contributed by atoms with Crippen molar-refractivity contribution in [2.75, 3.05) is 0 Å². The number of hydrazine groups is 1. The minimum atomic E-state index is -0.893. The van der Waals surface area contributed by atoms with E-state index in [-0.39, 0.29) is 17.8 Å². The molecule has 2 aromatic carbocycles. The average molecular weight is 464 g/mol. The fourth-order valence-electron chi connectivity index (χ4n) is 4.34. The highest BCUT2D eigenvalue weighted by Crippen LogP contribution is 2.39. The monoisotopic (exact) mass is 464 g/mol. The highest BCUT2D eigenvalue weighted by Gasteiger charge is 2.51. The van der Waals surface area contributed by atoms with Gasteiger partial charge in [0.2, 0.25) is 0 Å². The van der Waals surface area contributed by atoms with Crippen molar-refractivity contribution in [3.63, 3.8) is 0 Å². The van der Waals surface area contributed by atoms with Crippen molar-refractivity contribution in [3.05, 3.63) is 91.5 Å². The van der Waals surface area contributed by atoms with Crippen molar-refractivity contribution in [2.24, 2.45) is 11.8 Å². The Morgan fingerprint density at radius 2 is 1.65 bits per heavy atom. The van der Waals surface area contributed by atoms with Crippen LogP contribution in [0.4, 0.5) is 11.4 Å². The number of hydrogen-bond donors (Lipinski definition) is 0. The summed E-state index contributed by atoms with van der Waals surface area (Å²) in [6.45, 7) is 1.58. The smallest absolute Gasteiger partial charge is 0.272 e. The lowest BCUT2D eigenvalue weighted by molar-refractivity contribution is -0.385. The van der Waals surface area contributed by atoms with Crippen LogP contribution in [0.15, 0.2) is 60.2 Å². The number of nitro groups is 2. The van der Waals surface area contributed by atoms with Crippen molar-refractivity contribution in [1.29, 1.82) is 0 Å². The molecule has 0 unspecified atom stereocenters. The highest BCUT2D eigenvalue weighted by molar-refractivity contribution is 6.08. The summed E-state index contributed by atoms with van der Waals surface area (Å²) in [6, 6.07) is 10.6. The van der Waals surface area contributed by atoms with Crippen LogP contribution in [0.3, 0.4) is 0 Å². The van der Waals surface area contributed by atoms with Gasteiger partial charge in [-0.15, -0.1) is 0 Å². The Morgan fingerprint density at radius 3 is 2.29 bits per heavy atom. The third-order valence-electron chi connectivity index (χ3n) is 6.09. The molecule has 0 saturated carbocycles. The molecule has 1 aliphatic heterocycles. The summed E-state index contributed by atoms with van der Waals surface area (Å²) in [4.78, 5) is 61.3. The van der Waals surface area contributed by atoms with Gasteiger partial charge in [-0.2, -0.15) is 5.01 Å². The lowest BCUT2D eigenvalue weighted by Gasteiger charge is -2.30. The number of rotatable bonds is 6. The molecule has 2 atom stereocenters. The molecule has 34 heavy (non-hydrogen) atoms. The molecule has 0 radical (unpaired) electrons. The Balaban J connectivity index is 1.75. The van der Waals surface area contributed by atoms with E-state index in [0.29, 0.717) is 18.4 Å². The molecule has 1 fully saturated rings. The summed E-state index contributed by atoms with van der Waals surface area (Å²) in [5.41, 5.74) is 0.467. The number of para-hydroxylation sites is 1. The molecule has 0 aromatic heterocycles. The Hall–Kier alpha value is -4.41. The molecule has 4 rings (SSSR count). The number of nitro benzene ring substituents is 2. The second kappa shape index (κ2) is 8.85. The van der Waals surface area contributed by atoms with Gasteiger partial charge in [-0.1, -0.05) is 35.9 Å². The van der Waals surface area contributed by atoms with Gasteiger partial charge in [-0.3, -0.25) is 34.6 Å². The van der Waals surface area contributed by atoms with Crippen LogP contribution in [0.1, 0.15) is 35.7 Å². The molecule has 1 heterocycles. The number of amides is 3. The fourth-order valence-corrected chi connectivity index (χ4v) is 4.34. The zero-order valence-corrected chi connectivity index (χ0v) is 18.1. The summed E-state index contributed by atoms with van der Waals surface area (Å²) >= 11 is 0. The standard InChI is InChI=1S/C23H20N4O7/c1-14-6-11-17-19(12-14)23(30)25(22(17)29)24(13-15-7-9-16(10-8-15)26(31)32)21(28)18-4-2-3-5-20(18)27(33)34/h2-10,17,19H,11-13H2,1H3/t17-,19+/m1/s1. The van der Waals surface area contributed by atoms with Gasteiger partial charge >= 0.3 is 0 Å². The normalized spacial score (nSPS) is 19.4. The summed E-state index contributed by atoms with van der Waals surface area (Å²) in [5.74, 6) is -3.22. The largest absolute Gasteiger partial charge is 0.282 e. The quantitative estimate of drug-likeness (QED) is 0.276. The van der Waals surface area contributed by atoms with Crippen LogP contribution < -0.4 is 0 Å². The molecule has 11 nitrogen and oxygen atoms in total. The molecule has 0 spiro atoms. The molecule has 1 aliphatic carbocycles. The third-order valence-corrected chi connectivity index (χ3v) is 6.09. The van der Waals surface area contributed by atoms with Crippen LogP contribution >= 0.6 is 0 Å². The summed E-state index contributed by atoms with van der Waals surface area (Å²) in [6.07, 6.45) is 2.64. The van der Waals surface area contributed by atoms with E-state index in [0.717, 1.165) is 21.7 Å². The van der Waals surface area contributed by atoms with E-state index >= 15 is 0 Å². The molecule has 11 heteroatoms. The number of carbonyl (C=O) groups is 3. The molecule has 2 aromatic rings. The Kier molecular flexibility index (Phi) is 5.93. The predicted octanol–water partition coefficient (Wildman–Crippen LogP) is 3.40. The average Bonchev–Trinajstić information content (AvgIpc) is 3.06. The molecular weight excluding hydrogens is 444 g/mol. The van der Waals surface area contributed by atoms with Crippen LogP contribution in [0, 0.1) is 32.1 Å². The zero-order valence-electron chi connectivity index (χ0n) is 18.1.